The van der Waals surface area contributed by atoms with Gasteiger partial charge in [-0.05, 0) is 43.5 Å². The SMILES string of the molecule is COc1cccc(CCNS(=O)(=O)CCCCN)c1. The fourth-order valence-corrected chi connectivity index (χ4v) is 2.83. The minimum absolute atomic E-state index is 0.141. The molecule has 0 bridgehead atoms. The summed E-state index contributed by atoms with van der Waals surface area (Å²) < 4.78 is 31.0. The van der Waals surface area contributed by atoms with E-state index in [-0.39, 0.29) is 5.75 Å². The molecule has 1 aromatic carbocycles. The number of rotatable bonds is 9. The van der Waals surface area contributed by atoms with E-state index >= 15 is 0 Å². The van der Waals surface area contributed by atoms with Crippen molar-refractivity contribution in [2.75, 3.05) is 26.0 Å². The Kier molecular flexibility index (Phi) is 6.83. The monoisotopic (exact) mass is 286 g/mol. The van der Waals surface area contributed by atoms with Crippen molar-refractivity contribution < 1.29 is 13.2 Å². The minimum atomic E-state index is -3.18. The van der Waals surface area contributed by atoms with Crippen LogP contribution in [0.15, 0.2) is 24.3 Å². The van der Waals surface area contributed by atoms with Crippen LogP contribution in [0, 0.1) is 0 Å². The molecule has 1 rings (SSSR count). The fraction of sp³-hybridized carbons (Fsp3) is 0.538. The Balaban J connectivity index is 2.36. The van der Waals surface area contributed by atoms with Gasteiger partial charge in [0.2, 0.25) is 10.0 Å². The Labute approximate surface area is 115 Å². The summed E-state index contributed by atoms with van der Waals surface area (Å²) in [5, 5.41) is 0. The van der Waals surface area contributed by atoms with E-state index in [1.807, 2.05) is 24.3 Å². The van der Waals surface area contributed by atoms with Gasteiger partial charge in [-0.25, -0.2) is 13.1 Å². The summed E-state index contributed by atoms with van der Waals surface area (Å²) in [5.74, 6) is 0.922. The van der Waals surface area contributed by atoms with E-state index < -0.39 is 10.0 Å². The standard InChI is InChI=1S/C13H22N2O3S/c1-18-13-6-4-5-12(11-13)7-9-15-19(16,17)10-3-2-8-14/h4-6,11,15H,2-3,7-10,14H2,1H3. The first-order valence-electron chi connectivity index (χ1n) is 6.38. The normalized spacial score (nSPS) is 11.5. The van der Waals surface area contributed by atoms with Crippen molar-refractivity contribution in [1.82, 2.24) is 4.72 Å². The summed E-state index contributed by atoms with van der Waals surface area (Å²) >= 11 is 0. The Hall–Kier alpha value is -1.11. The first kappa shape index (κ1) is 15.9. The van der Waals surface area contributed by atoms with Gasteiger partial charge in [0.05, 0.1) is 12.9 Å². The lowest BCUT2D eigenvalue weighted by Gasteiger charge is -2.07. The zero-order valence-electron chi connectivity index (χ0n) is 11.3. The van der Waals surface area contributed by atoms with Crippen LogP contribution in [0.2, 0.25) is 0 Å². The number of nitrogens with two attached hydrogens (primary N) is 1. The molecule has 0 aliphatic heterocycles. The molecule has 0 radical (unpaired) electrons. The molecule has 0 heterocycles. The first-order chi connectivity index (χ1) is 9.07. The van der Waals surface area contributed by atoms with Gasteiger partial charge in [0, 0.05) is 6.54 Å². The predicted octanol–water partition coefficient (Wildman–Crippen LogP) is 0.896. The third-order valence-electron chi connectivity index (χ3n) is 2.74. The minimum Gasteiger partial charge on any atom is -0.497 e. The van der Waals surface area contributed by atoms with E-state index in [0.717, 1.165) is 17.7 Å². The van der Waals surface area contributed by atoms with E-state index in [4.69, 9.17) is 10.5 Å². The van der Waals surface area contributed by atoms with Crippen molar-refractivity contribution in [3.63, 3.8) is 0 Å². The molecular weight excluding hydrogens is 264 g/mol. The summed E-state index contributed by atoms with van der Waals surface area (Å²) in [4.78, 5) is 0. The highest BCUT2D eigenvalue weighted by Crippen LogP contribution is 2.12. The lowest BCUT2D eigenvalue weighted by Crippen LogP contribution is -2.28. The fourth-order valence-electron chi connectivity index (χ4n) is 1.69. The van der Waals surface area contributed by atoms with Crippen LogP contribution in [0.25, 0.3) is 0 Å². The number of hydrogen-bond acceptors (Lipinski definition) is 4. The molecule has 0 aliphatic carbocycles. The molecule has 3 N–H and O–H groups in total. The van der Waals surface area contributed by atoms with Crippen LogP contribution < -0.4 is 15.2 Å². The molecule has 108 valence electrons. The van der Waals surface area contributed by atoms with Crippen molar-refractivity contribution in [2.24, 2.45) is 5.73 Å². The second kappa shape index (κ2) is 8.14. The zero-order chi connectivity index (χ0) is 14.1. The predicted molar refractivity (Wildman–Crippen MR) is 76.8 cm³/mol. The Morgan fingerprint density at radius 1 is 1.32 bits per heavy atom. The molecule has 0 spiro atoms. The highest BCUT2D eigenvalue weighted by Gasteiger charge is 2.08. The quantitative estimate of drug-likeness (QED) is 0.661. The smallest absolute Gasteiger partial charge is 0.211 e. The van der Waals surface area contributed by atoms with Crippen LogP contribution in [0.4, 0.5) is 0 Å². The summed E-state index contributed by atoms with van der Waals surface area (Å²) in [6.07, 6.45) is 1.98. The third-order valence-corrected chi connectivity index (χ3v) is 4.21. The number of ether oxygens (including phenoxy) is 1. The highest BCUT2D eigenvalue weighted by atomic mass is 32.2. The van der Waals surface area contributed by atoms with Crippen LogP contribution in [0.3, 0.4) is 0 Å². The van der Waals surface area contributed by atoms with Crippen LogP contribution >= 0.6 is 0 Å². The van der Waals surface area contributed by atoms with Crippen LogP contribution in [-0.2, 0) is 16.4 Å². The highest BCUT2D eigenvalue weighted by molar-refractivity contribution is 7.89. The van der Waals surface area contributed by atoms with E-state index in [1.54, 1.807) is 7.11 Å². The molecule has 19 heavy (non-hydrogen) atoms. The maximum absolute atomic E-state index is 11.6. The van der Waals surface area contributed by atoms with E-state index in [9.17, 15) is 8.42 Å². The second-order valence-electron chi connectivity index (χ2n) is 4.31. The van der Waals surface area contributed by atoms with Gasteiger partial charge in [0.1, 0.15) is 5.75 Å². The average Bonchev–Trinajstić information content (AvgIpc) is 2.39. The summed E-state index contributed by atoms with van der Waals surface area (Å²) in [6, 6.07) is 7.61. The molecule has 0 fully saturated rings. The number of benzene rings is 1. The number of methoxy groups -OCH3 is 1. The van der Waals surface area contributed by atoms with Crippen LogP contribution in [-0.4, -0.2) is 34.4 Å². The number of unbranched alkanes of at least 4 members (excludes halogenated alkanes) is 1. The number of hydrogen-bond donors (Lipinski definition) is 2. The maximum atomic E-state index is 11.6. The molecule has 0 amide bonds. The van der Waals surface area contributed by atoms with Crippen molar-refractivity contribution in [1.29, 1.82) is 0 Å². The van der Waals surface area contributed by atoms with Crippen molar-refractivity contribution in [3.05, 3.63) is 29.8 Å². The van der Waals surface area contributed by atoms with Gasteiger partial charge >= 0.3 is 0 Å². The summed E-state index contributed by atoms with van der Waals surface area (Å²) in [6.45, 7) is 0.928. The van der Waals surface area contributed by atoms with Gasteiger partial charge in [-0.3, -0.25) is 0 Å². The summed E-state index contributed by atoms with van der Waals surface area (Å²) in [5.41, 5.74) is 6.38. The second-order valence-corrected chi connectivity index (χ2v) is 6.24. The van der Waals surface area contributed by atoms with E-state index in [2.05, 4.69) is 4.72 Å². The Bertz CT molecular complexity index is 475. The largest absolute Gasteiger partial charge is 0.497 e. The number of sulfonamides is 1. The molecule has 0 atom stereocenters. The summed E-state index contributed by atoms with van der Waals surface area (Å²) in [7, 11) is -1.57. The third kappa shape index (κ3) is 6.56. The first-order valence-corrected chi connectivity index (χ1v) is 8.03. The van der Waals surface area contributed by atoms with Gasteiger partial charge in [-0.1, -0.05) is 12.1 Å². The van der Waals surface area contributed by atoms with Crippen LogP contribution in [0.5, 0.6) is 5.75 Å². The van der Waals surface area contributed by atoms with Crippen LogP contribution in [0.1, 0.15) is 18.4 Å². The molecule has 0 saturated carbocycles. The average molecular weight is 286 g/mol. The van der Waals surface area contributed by atoms with E-state index in [0.29, 0.717) is 25.9 Å². The lowest BCUT2D eigenvalue weighted by molar-refractivity contribution is 0.414. The molecule has 6 heteroatoms. The Morgan fingerprint density at radius 2 is 2.11 bits per heavy atom. The Morgan fingerprint density at radius 3 is 2.79 bits per heavy atom. The molecule has 0 aliphatic rings. The van der Waals surface area contributed by atoms with Crippen molar-refractivity contribution in [2.45, 2.75) is 19.3 Å². The molecule has 0 saturated heterocycles. The molecule has 1 aromatic rings. The van der Waals surface area contributed by atoms with Gasteiger partial charge in [-0.2, -0.15) is 0 Å². The molecule has 0 unspecified atom stereocenters. The van der Waals surface area contributed by atoms with Gasteiger partial charge in [0.15, 0.2) is 0 Å². The van der Waals surface area contributed by atoms with Gasteiger partial charge in [-0.15, -0.1) is 0 Å². The topological polar surface area (TPSA) is 81.4 Å². The molecule has 5 nitrogen and oxygen atoms in total. The van der Waals surface area contributed by atoms with Gasteiger partial charge < -0.3 is 10.5 Å². The lowest BCUT2D eigenvalue weighted by atomic mass is 10.1. The van der Waals surface area contributed by atoms with Crippen molar-refractivity contribution >= 4 is 10.0 Å². The van der Waals surface area contributed by atoms with Gasteiger partial charge in [0.25, 0.3) is 0 Å². The maximum Gasteiger partial charge on any atom is 0.211 e. The molecule has 0 aromatic heterocycles. The molecular formula is C13H22N2O3S. The zero-order valence-corrected chi connectivity index (χ0v) is 12.1. The van der Waals surface area contributed by atoms with Crippen molar-refractivity contribution in [3.8, 4) is 5.75 Å². The van der Waals surface area contributed by atoms with E-state index in [1.165, 1.54) is 0 Å². The number of nitrogens with one attached hydrogen (secondary N) is 1.